The zero-order chi connectivity index (χ0) is 14.4. The van der Waals surface area contributed by atoms with Crippen molar-refractivity contribution in [1.82, 2.24) is 9.78 Å². The Labute approximate surface area is 125 Å². The van der Waals surface area contributed by atoms with E-state index < -0.39 is 0 Å². The number of rotatable bonds is 2. The molecule has 0 spiro atoms. The molecule has 6 heteroatoms. The number of fused-ring (bicyclic) bond motifs is 1. The first-order valence-electron chi connectivity index (χ1n) is 6.50. The number of aromatic nitrogens is 2. The molecule has 1 aromatic carbocycles. The van der Waals surface area contributed by atoms with Crippen molar-refractivity contribution in [3.8, 4) is 33.2 Å². The van der Waals surface area contributed by atoms with E-state index in [1.807, 2.05) is 42.8 Å². The first kappa shape index (κ1) is 12.3. The van der Waals surface area contributed by atoms with Crippen molar-refractivity contribution in [3.63, 3.8) is 0 Å². The summed E-state index contributed by atoms with van der Waals surface area (Å²) in [4.78, 5) is 1.09. The Balaban J connectivity index is 1.92. The van der Waals surface area contributed by atoms with Crippen LogP contribution in [0, 0.1) is 0 Å². The van der Waals surface area contributed by atoms with E-state index in [1.54, 1.807) is 16.0 Å². The summed E-state index contributed by atoms with van der Waals surface area (Å²) in [5, 5.41) is 6.58. The number of hydrogen-bond acceptors (Lipinski definition) is 5. The second-order valence-electron chi connectivity index (χ2n) is 4.78. The lowest BCUT2D eigenvalue weighted by atomic mass is 10.0. The third kappa shape index (κ3) is 1.87. The van der Waals surface area contributed by atoms with Crippen LogP contribution in [-0.4, -0.2) is 16.6 Å². The quantitative estimate of drug-likeness (QED) is 0.789. The smallest absolute Gasteiger partial charge is 0.231 e. The Bertz CT molecular complexity index is 809. The summed E-state index contributed by atoms with van der Waals surface area (Å²) in [7, 11) is 1.85. The van der Waals surface area contributed by atoms with E-state index in [0.29, 0.717) is 5.82 Å². The molecule has 0 bridgehead atoms. The fourth-order valence-corrected chi connectivity index (χ4v) is 3.17. The number of hydrogen-bond donors (Lipinski definition) is 1. The molecule has 0 unspecified atom stereocenters. The molecule has 2 aromatic heterocycles. The molecule has 3 aromatic rings. The highest BCUT2D eigenvalue weighted by atomic mass is 32.1. The molecule has 1 aliphatic heterocycles. The van der Waals surface area contributed by atoms with Gasteiger partial charge in [0.15, 0.2) is 11.5 Å². The van der Waals surface area contributed by atoms with Gasteiger partial charge in [-0.25, -0.2) is 0 Å². The van der Waals surface area contributed by atoms with Crippen molar-refractivity contribution in [1.29, 1.82) is 0 Å². The van der Waals surface area contributed by atoms with E-state index in [9.17, 15) is 0 Å². The third-order valence-electron chi connectivity index (χ3n) is 3.51. The standard InChI is InChI=1S/C15H13N3O2S/c1-18-15(16)13(14(17-18)12-3-2-6-21-12)9-4-5-10-11(7-9)20-8-19-10/h2-7H,8,16H2,1H3. The number of benzene rings is 1. The van der Waals surface area contributed by atoms with Crippen LogP contribution in [0.1, 0.15) is 0 Å². The van der Waals surface area contributed by atoms with E-state index in [2.05, 4.69) is 5.10 Å². The van der Waals surface area contributed by atoms with Gasteiger partial charge in [0.25, 0.3) is 0 Å². The zero-order valence-electron chi connectivity index (χ0n) is 11.4. The Hall–Kier alpha value is -2.47. The van der Waals surface area contributed by atoms with Crippen LogP contribution in [0.25, 0.3) is 21.7 Å². The molecule has 3 heterocycles. The first-order chi connectivity index (χ1) is 10.2. The SMILES string of the molecule is Cn1nc(-c2cccs2)c(-c2ccc3c(c2)OCO3)c1N. The molecule has 2 N–H and O–H groups in total. The van der Waals surface area contributed by atoms with Gasteiger partial charge in [-0.05, 0) is 29.1 Å². The lowest BCUT2D eigenvalue weighted by molar-refractivity contribution is 0.174. The number of aryl methyl sites for hydroxylation is 1. The molecule has 5 nitrogen and oxygen atoms in total. The topological polar surface area (TPSA) is 62.3 Å². The van der Waals surface area contributed by atoms with Crippen LogP contribution in [0.3, 0.4) is 0 Å². The van der Waals surface area contributed by atoms with Crippen molar-refractivity contribution < 1.29 is 9.47 Å². The van der Waals surface area contributed by atoms with Gasteiger partial charge in [0.05, 0.1) is 10.4 Å². The summed E-state index contributed by atoms with van der Waals surface area (Å²) < 4.78 is 12.5. The van der Waals surface area contributed by atoms with Gasteiger partial charge in [0, 0.05) is 7.05 Å². The molecule has 1 aliphatic rings. The van der Waals surface area contributed by atoms with Crippen LogP contribution in [0.4, 0.5) is 5.82 Å². The molecule has 0 atom stereocenters. The minimum absolute atomic E-state index is 0.263. The number of anilines is 1. The predicted molar refractivity (Wildman–Crippen MR) is 82.5 cm³/mol. The van der Waals surface area contributed by atoms with Gasteiger partial charge in [-0.2, -0.15) is 5.10 Å². The molecule has 0 fully saturated rings. The largest absolute Gasteiger partial charge is 0.454 e. The Kier molecular flexibility index (Phi) is 2.65. The molecule has 0 aliphatic carbocycles. The molecule has 106 valence electrons. The second-order valence-corrected chi connectivity index (χ2v) is 5.73. The molecule has 21 heavy (non-hydrogen) atoms. The predicted octanol–water partition coefficient (Wildman–Crippen LogP) is 3.13. The Morgan fingerprint density at radius 2 is 2.10 bits per heavy atom. The highest BCUT2D eigenvalue weighted by Crippen LogP contribution is 2.42. The molecule has 0 saturated heterocycles. The molecule has 4 rings (SSSR count). The fourth-order valence-electron chi connectivity index (χ4n) is 2.46. The highest BCUT2D eigenvalue weighted by molar-refractivity contribution is 7.13. The zero-order valence-corrected chi connectivity index (χ0v) is 12.2. The van der Waals surface area contributed by atoms with E-state index in [4.69, 9.17) is 15.2 Å². The monoisotopic (exact) mass is 299 g/mol. The summed E-state index contributed by atoms with van der Waals surface area (Å²) in [6, 6.07) is 9.89. The van der Waals surface area contributed by atoms with E-state index in [0.717, 1.165) is 33.2 Å². The van der Waals surface area contributed by atoms with Gasteiger partial charge in [-0.15, -0.1) is 11.3 Å². The number of ether oxygens (including phenoxy) is 2. The summed E-state index contributed by atoms with van der Waals surface area (Å²) >= 11 is 1.65. The van der Waals surface area contributed by atoms with Crippen molar-refractivity contribution in [2.45, 2.75) is 0 Å². The fraction of sp³-hybridized carbons (Fsp3) is 0.133. The van der Waals surface area contributed by atoms with E-state index >= 15 is 0 Å². The number of nitrogens with two attached hydrogens (primary N) is 1. The average molecular weight is 299 g/mol. The van der Waals surface area contributed by atoms with Crippen LogP contribution in [0.15, 0.2) is 35.7 Å². The van der Waals surface area contributed by atoms with Crippen molar-refractivity contribution in [3.05, 3.63) is 35.7 Å². The second kappa shape index (κ2) is 4.53. The minimum atomic E-state index is 0.263. The van der Waals surface area contributed by atoms with Crippen molar-refractivity contribution in [2.75, 3.05) is 12.5 Å². The van der Waals surface area contributed by atoms with Crippen molar-refractivity contribution >= 4 is 17.2 Å². The first-order valence-corrected chi connectivity index (χ1v) is 7.38. The average Bonchev–Trinajstić information content (AvgIpc) is 3.20. The van der Waals surface area contributed by atoms with Gasteiger partial charge in [0.1, 0.15) is 11.5 Å². The summed E-state index contributed by atoms with van der Waals surface area (Å²) in [5.74, 6) is 2.14. The maximum Gasteiger partial charge on any atom is 0.231 e. The van der Waals surface area contributed by atoms with Crippen LogP contribution >= 0.6 is 11.3 Å². The minimum Gasteiger partial charge on any atom is -0.454 e. The normalized spacial score (nSPS) is 12.8. The maximum atomic E-state index is 6.22. The lowest BCUT2D eigenvalue weighted by Crippen LogP contribution is -1.98. The molecule has 0 radical (unpaired) electrons. The third-order valence-corrected chi connectivity index (χ3v) is 4.38. The number of thiophene rings is 1. The van der Waals surface area contributed by atoms with Gasteiger partial charge in [0.2, 0.25) is 6.79 Å². The van der Waals surface area contributed by atoms with Crippen LogP contribution < -0.4 is 15.2 Å². The number of nitrogens with zero attached hydrogens (tertiary/aromatic N) is 2. The van der Waals surface area contributed by atoms with E-state index in [-0.39, 0.29) is 6.79 Å². The van der Waals surface area contributed by atoms with Crippen LogP contribution in [0.5, 0.6) is 11.5 Å². The van der Waals surface area contributed by atoms with Crippen molar-refractivity contribution in [2.24, 2.45) is 7.05 Å². The van der Waals surface area contributed by atoms with E-state index in [1.165, 1.54) is 0 Å². The van der Waals surface area contributed by atoms with Gasteiger partial charge < -0.3 is 15.2 Å². The van der Waals surface area contributed by atoms with Gasteiger partial charge in [-0.1, -0.05) is 12.1 Å². The Morgan fingerprint density at radius 3 is 2.90 bits per heavy atom. The number of nitrogen functional groups attached to an aromatic ring is 1. The highest BCUT2D eigenvalue weighted by Gasteiger charge is 2.21. The molecule has 0 saturated carbocycles. The lowest BCUT2D eigenvalue weighted by Gasteiger charge is -2.04. The van der Waals surface area contributed by atoms with Gasteiger partial charge in [-0.3, -0.25) is 4.68 Å². The molecule has 0 amide bonds. The summed E-state index contributed by atoms with van der Waals surface area (Å²) in [6.07, 6.45) is 0. The molecular weight excluding hydrogens is 286 g/mol. The Morgan fingerprint density at radius 1 is 1.24 bits per heavy atom. The maximum absolute atomic E-state index is 6.22. The summed E-state index contributed by atoms with van der Waals surface area (Å²) in [5.41, 5.74) is 9.02. The summed E-state index contributed by atoms with van der Waals surface area (Å²) in [6.45, 7) is 0.263. The molecular formula is C15H13N3O2S. The van der Waals surface area contributed by atoms with Crippen LogP contribution in [-0.2, 0) is 7.05 Å². The van der Waals surface area contributed by atoms with Gasteiger partial charge >= 0.3 is 0 Å². The van der Waals surface area contributed by atoms with Crippen LogP contribution in [0.2, 0.25) is 0 Å².